The van der Waals surface area contributed by atoms with E-state index in [0.717, 1.165) is 5.75 Å². The van der Waals surface area contributed by atoms with Crippen LogP contribution < -0.4 is 10.1 Å². The molecule has 2 N–H and O–H groups in total. The van der Waals surface area contributed by atoms with E-state index < -0.39 is 0 Å². The number of nitrogens with one attached hydrogen (secondary N) is 1. The van der Waals surface area contributed by atoms with Crippen molar-refractivity contribution in [1.82, 2.24) is 5.32 Å². The van der Waals surface area contributed by atoms with Crippen LogP contribution in [0.3, 0.4) is 0 Å². The van der Waals surface area contributed by atoms with Crippen molar-refractivity contribution >= 4 is 0 Å². The van der Waals surface area contributed by atoms with Crippen molar-refractivity contribution in [2.45, 2.75) is 39.8 Å². The molecule has 0 aliphatic rings. The highest BCUT2D eigenvalue weighted by molar-refractivity contribution is 5.29. The summed E-state index contributed by atoms with van der Waals surface area (Å²) in [5.74, 6) is 1.32. The van der Waals surface area contributed by atoms with Crippen molar-refractivity contribution in [2.75, 3.05) is 13.2 Å². The van der Waals surface area contributed by atoms with Crippen molar-refractivity contribution in [2.24, 2.45) is 5.92 Å². The average molecular weight is 251 g/mol. The second kappa shape index (κ2) is 7.39. The molecule has 0 aromatic heterocycles. The van der Waals surface area contributed by atoms with Gasteiger partial charge in [-0.1, -0.05) is 26.0 Å². The van der Waals surface area contributed by atoms with Crippen LogP contribution >= 0.6 is 0 Å². The Balaban J connectivity index is 2.63. The second-order valence-electron chi connectivity index (χ2n) is 4.92. The molecule has 0 fully saturated rings. The Morgan fingerprint density at radius 3 is 2.22 bits per heavy atom. The van der Waals surface area contributed by atoms with Crippen LogP contribution in [0.2, 0.25) is 0 Å². The monoisotopic (exact) mass is 251 g/mol. The number of ether oxygens (including phenoxy) is 1. The molecule has 1 rings (SSSR count). The van der Waals surface area contributed by atoms with Crippen LogP contribution in [0.25, 0.3) is 0 Å². The van der Waals surface area contributed by atoms with Crippen LogP contribution in [0, 0.1) is 5.92 Å². The van der Waals surface area contributed by atoms with Gasteiger partial charge in [0, 0.05) is 12.1 Å². The van der Waals surface area contributed by atoms with Crippen molar-refractivity contribution in [3.63, 3.8) is 0 Å². The number of aliphatic hydroxyl groups is 1. The van der Waals surface area contributed by atoms with Crippen LogP contribution in [-0.2, 0) is 0 Å². The van der Waals surface area contributed by atoms with E-state index in [1.165, 1.54) is 5.56 Å². The van der Waals surface area contributed by atoms with Gasteiger partial charge in [0.1, 0.15) is 5.75 Å². The van der Waals surface area contributed by atoms with Gasteiger partial charge in [0.15, 0.2) is 0 Å². The summed E-state index contributed by atoms with van der Waals surface area (Å²) in [6.45, 7) is 9.16. The minimum absolute atomic E-state index is 0.131. The lowest BCUT2D eigenvalue weighted by Crippen LogP contribution is -2.38. The third-order valence-electron chi connectivity index (χ3n) is 3.16. The van der Waals surface area contributed by atoms with Crippen LogP contribution in [0.5, 0.6) is 5.75 Å². The van der Waals surface area contributed by atoms with Crippen LogP contribution in [0.15, 0.2) is 24.3 Å². The number of aliphatic hydroxyl groups excluding tert-OH is 1. The quantitative estimate of drug-likeness (QED) is 0.783. The zero-order valence-electron chi connectivity index (χ0n) is 11.8. The maximum atomic E-state index is 9.32. The van der Waals surface area contributed by atoms with Gasteiger partial charge in [0.05, 0.1) is 13.2 Å². The molecule has 0 spiro atoms. The highest BCUT2D eigenvalue weighted by Gasteiger charge is 2.15. The Hall–Kier alpha value is -1.06. The van der Waals surface area contributed by atoms with E-state index >= 15 is 0 Å². The Kier molecular flexibility index (Phi) is 6.16. The van der Waals surface area contributed by atoms with Gasteiger partial charge in [-0.25, -0.2) is 0 Å². The molecule has 0 amide bonds. The largest absolute Gasteiger partial charge is 0.494 e. The van der Waals surface area contributed by atoms with E-state index in [-0.39, 0.29) is 18.7 Å². The minimum atomic E-state index is 0.131. The summed E-state index contributed by atoms with van der Waals surface area (Å²) in [7, 11) is 0. The van der Waals surface area contributed by atoms with Crippen LogP contribution in [0.4, 0.5) is 0 Å². The standard InChI is InChI=1S/C15H25NO2/c1-5-18-14-8-6-13(7-9-14)12(4)16-15(10-17)11(2)3/h6-9,11-12,15-17H,5,10H2,1-4H3. The SMILES string of the molecule is CCOc1ccc(C(C)NC(CO)C(C)C)cc1. The fourth-order valence-corrected chi connectivity index (χ4v) is 1.89. The third-order valence-corrected chi connectivity index (χ3v) is 3.16. The Morgan fingerprint density at radius 2 is 1.78 bits per heavy atom. The lowest BCUT2D eigenvalue weighted by Gasteiger charge is -2.25. The molecule has 3 nitrogen and oxygen atoms in total. The van der Waals surface area contributed by atoms with Crippen molar-refractivity contribution in [3.05, 3.63) is 29.8 Å². The fraction of sp³-hybridized carbons (Fsp3) is 0.600. The third kappa shape index (κ3) is 4.31. The van der Waals surface area contributed by atoms with Gasteiger partial charge < -0.3 is 15.2 Å². The molecule has 0 radical (unpaired) electrons. The molecule has 1 aromatic carbocycles. The molecular formula is C15H25NO2. The van der Waals surface area contributed by atoms with Gasteiger partial charge in [0.25, 0.3) is 0 Å². The maximum absolute atomic E-state index is 9.32. The normalized spacial score (nSPS) is 14.6. The smallest absolute Gasteiger partial charge is 0.119 e. The Labute approximate surface area is 110 Å². The topological polar surface area (TPSA) is 41.5 Å². The number of benzene rings is 1. The molecule has 102 valence electrons. The summed E-state index contributed by atoms with van der Waals surface area (Å²) >= 11 is 0. The lowest BCUT2D eigenvalue weighted by molar-refractivity contribution is 0.201. The molecule has 0 saturated carbocycles. The van der Waals surface area contributed by atoms with Gasteiger partial charge in [-0.3, -0.25) is 0 Å². The molecule has 2 unspecified atom stereocenters. The minimum Gasteiger partial charge on any atom is -0.494 e. The average Bonchev–Trinajstić information content (AvgIpc) is 2.36. The lowest BCUT2D eigenvalue weighted by atomic mass is 10.0. The predicted molar refractivity (Wildman–Crippen MR) is 74.9 cm³/mol. The van der Waals surface area contributed by atoms with Crippen molar-refractivity contribution in [3.8, 4) is 5.75 Å². The van der Waals surface area contributed by atoms with Gasteiger partial charge in [-0.05, 0) is 37.5 Å². The fourth-order valence-electron chi connectivity index (χ4n) is 1.89. The Bertz CT molecular complexity index is 335. The van der Waals surface area contributed by atoms with Crippen molar-refractivity contribution in [1.29, 1.82) is 0 Å². The van der Waals surface area contributed by atoms with Gasteiger partial charge in [-0.2, -0.15) is 0 Å². The summed E-state index contributed by atoms with van der Waals surface area (Å²) in [6, 6.07) is 8.46. The first-order valence-electron chi connectivity index (χ1n) is 6.68. The number of hydrogen-bond acceptors (Lipinski definition) is 3. The molecule has 3 heteroatoms. The second-order valence-corrected chi connectivity index (χ2v) is 4.92. The van der Waals surface area contributed by atoms with Crippen molar-refractivity contribution < 1.29 is 9.84 Å². The van der Waals surface area contributed by atoms with Gasteiger partial charge in [0.2, 0.25) is 0 Å². The molecule has 0 aliphatic heterocycles. The molecule has 0 aliphatic carbocycles. The molecule has 0 saturated heterocycles. The molecule has 2 atom stereocenters. The first-order chi connectivity index (χ1) is 8.58. The van der Waals surface area contributed by atoms with Crippen LogP contribution in [-0.4, -0.2) is 24.4 Å². The van der Waals surface area contributed by atoms with Crippen LogP contribution in [0.1, 0.15) is 39.3 Å². The van der Waals surface area contributed by atoms with E-state index in [4.69, 9.17) is 4.74 Å². The van der Waals surface area contributed by atoms with E-state index in [0.29, 0.717) is 12.5 Å². The maximum Gasteiger partial charge on any atom is 0.119 e. The summed E-state index contributed by atoms with van der Waals surface area (Å²) in [6.07, 6.45) is 0. The first-order valence-corrected chi connectivity index (χ1v) is 6.68. The van der Waals surface area contributed by atoms with E-state index in [1.807, 2.05) is 19.1 Å². The molecule has 1 aromatic rings. The molecule has 18 heavy (non-hydrogen) atoms. The zero-order chi connectivity index (χ0) is 13.5. The molecule has 0 bridgehead atoms. The summed E-state index contributed by atoms with van der Waals surface area (Å²) in [5, 5.41) is 12.8. The molecular weight excluding hydrogens is 226 g/mol. The van der Waals surface area contributed by atoms with E-state index in [9.17, 15) is 5.11 Å². The summed E-state index contributed by atoms with van der Waals surface area (Å²) < 4.78 is 5.42. The van der Waals surface area contributed by atoms with E-state index in [1.54, 1.807) is 0 Å². The highest BCUT2D eigenvalue weighted by Crippen LogP contribution is 2.19. The highest BCUT2D eigenvalue weighted by atomic mass is 16.5. The van der Waals surface area contributed by atoms with Gasteiger partial charge >= 0.3 is 0 Å². The number of hydrogen-bond donors (Lipinski definition) is 2. The first kappa shape index (κ1) is 15.0. The zero-order valence-corrected chi connectivity index (χ0v) is 11.8. The summed E-state index contributed by atoms with van der Waals surface area (Å²) in [4.78, 5) is 0. The van der Waals surface area contributed by atoms with Gasteiger partial charge in [-0.15, -0.1) is 0 Å². The Morgan fingerprint density at radius 1 is 1.17 bits per heavy atom. The number of rotatable bonds is 7. The molecule has 0 heterocycles. The van der Waals surface area contributed by atoms with E-state index in [2.05, 4.69) is 38.2 Å². The predicted octanol–water partition coefficient (Wildman–Crippen LogP) is 2.75. The summed E-state index contributed by atoms with van der Waals surface area (Å²) in [5.41, 5.74) is 1.21.